The lowest BCUT2D eigenvalue weighted by molar-refractivity contribution is -0.131. The van der Waals surface area contributed by atoms with Crippen LogP contribution in [0.15, 0.2) is 47.3 Å². The molecule has 1 saturated heterocycles. The lowest BCUT2D eigenvalue weighted by Gasteiger charge is -2.16. The normalized spacial score (nSPS) is 18.2. The number of hydrogen-bond donors (Lipinski definition) is 1. The lowest BCUT2D eigenvalue weighted by atomic mass is 10.0. The second kappa shape index (κ2) is 8.30. The van der Waals surface area contributed by atoms with E-state index < -0.39 is 0 Å². The van der Waals surface area contributed by atoms with Crippen molar-refractivity contribution in [2.45, 2.75) is 32.7 Å². The summed E-state index contributed by atoms with van der Waals surface area (Å²) in [6.45, 7) is 4.11. The Balaban J connectivity index is 1.33. The largest absolute Gasteiger partial charge is 0.496 e. The van der Waals surface area contributed by atoms with Gasteiger partial charge in [0.05, 0.1) is 7.11 Å². The maximum atomic E-state index is 12.5. The molecule has 3 aromatic rings. The monoisotopic (exact) mass is 432 g/mol. The second-order valence-electron chi connectivity index (χ2n) is 8.94. The molecule has 7 heteroatoms. The van der Waals surface area contributed by atoms with Gasteiger partial charge in [0, 0.05) is 31.1 Å². The Kier molecular flexibility index (Phi) is 5.33. The molecular weight excluding hydrogens is 404 g/mol. The molecule has 1 N–H and O–H groups in total. The average molecular weight is 433 g/mol. The summed E-state index contributed by atoms with van der Waals surface area (Å²) in [5.41, 5.74) is 3.97. The molecule has 1 amide bonds. The molecule has 5 rings (SSSR count). The van der Waals surface area contributed by atoms with Gasteiger partial charge in [-0.05, 0) is 60.9 Å². The van der Waals surface area contributed by atoms with E-state index in [4.69, 9.17) is 4.74 Å². The van der Waals surface area contributed by atoms with Gasteiger partial charge < -0.3 is 9.64 Å². The van der Waals surface area contributed by atoms with E-state index in [1.807, 2.05) is 48.2 Å². The average Bonchev–Trinajstić information content (AvgIpc) is 3.46. The number of likely N-dealkylation sites (tertiary alicyclic amines) is 1. The summed E-state index contributed by atoms with van der Waals surface area (Å²) in [6.07, 6.45) is 2.97. The number of methoxy groups -OCH3 is 1. The number of benzene rings is 2. The first-order valence-electron chi connectivity index (χ1n) is 11.2. The van der Waals surface area contributed by atoms with Crippen molar-refractivity contribution in [2.75, 3.05) is 20.2 Å². The van der Waals surface area contributed by atoms with E-state index >= 15 is 0 Å². The van der Waals surface area contributed by atoms with Crippen LogP contribution in [0.25, 0.3) is 22.5 Å². The van der Waals surface area contributed by atoms with Gasteiger partial charge in [-0.25, -0.2) is 9.89 Å². The van der Waals surface area contributed by atoms with Gasteiger partial charge in [0.15, 0.2) is 5.82 Å². The number of aryl methyl sites for hydroxylation is 1. The fourth-order valence-corrected chi connectivity index (χ4v) is 4.61. The lowest BCUT2D eigenvalue weighted by Crippen LogP contribution is -2.31. The summed E-state index contributed by atoms with van der Waals surface area (Å²) in [5, 5.41) is 6.89. The minimum Gasteiger partial charge on any atom is -0.496 e. The van der Waals surface area contributed by atoms with Crippen LogP contribution in [0, 0.1) is 18.8 Å². The minimum atomic E-state index is -0.207. The highest BCUT2D eigenvalue weighted by Crippen LogP contribution is 2.33. The maximum Gasteiger partial charge on any atom is 0.343 e. The molecule has 0 unspecified atom stereocenters. The van der Waals surface area contributed by atoms with E-state index in [1.165, 1.54) is 0 Å². The third-order valence-electron chi connectivity index (χ3n) is 6.59. The number of amides is 1. The quantitative estimate of drug-likeness (QED) is 0.647. The molecule has 2 aliphatic rings. The molecule has 1 aromatic heterocycles. The minimum absolute atomic E-state index is 0.207. The molecule has 0 bridgehead atoms. The van der Waals surface area contributed by atoms with Crippen LogP contribution in [0.1, 0.15) is 24.8 Å². The number of H-pyrrole nitrogens is 1. The molecule has 7 nitrogen and oxygen atoms in total. The maximum absolute atomic E-state index is 12.5. The van der Waals surface area contributed by atoms with Gasteiger partial charge in [0.2, 0.25) is 5.91 Å². The molecule has 0 radical (unpaired) electrons. The summed E-state index contributed by atoms with van der Waals surface area (Å²) in [5.74, 6) is 2.31. The Labute approximate surface area is 187 Å². The van der Waals surface area contributed by atoms with Crippen molar-refractivity contribution in [1.82, 2.24) is 19.7 Å². The van der Waals surface area contributed by atoms with Crippen LogP contribution in [-0.4, -0.2) is 45.8 Å². The van der Waals surface area contributed by atoms with Crippen LogP contribution in [0.5, 0.6) is 5.75 Å². The summed E-state index contributed by atoms with van der Waals surface area (Å²) in [7, 11) is 1.67. The Hall–Kier alpha value is -3.35. The third kappa shape index (κ3) is 3.95. The number of rotatable bonds is 6. The molecule has 32 heavy (non-hydrogen) atoms. The fraction of sp³-hybridized carbons (Fsp3) is 0.400. The highest BCUT2D eigenvalue weighted by atomic mass is 16.5. The van der Waals surface area contributed by atoms with Gasteiger partial charge in [-0.3, -0.25) is 9.36 Å². The zero-order valence-electron chi connectivity index (χ0n) is 18.5. The van der Waals surface area contributed by atoms with E-state index in [-0.39, 0.29) is 23.4 Å². The first-order chi connectivity index (χ1) is 15.5. The molecule has 1 atom stereocenters. The summed E-state index contributed by atoms with van der Waals surface area (Å²) < 4.78 is 7.06. The van der Waals surface area contributed by atoms with Gasteiger partial charge in [0.25, 0.3) is 0 Å². The molecular formula is C25H28N4O3. The molecule has 1 saturated carbocycles. The van der Waals surface area contributed by atoms with Crippen LogP contribution < -0.4 is 10.4 Å². The SMILES string of the molecule is COc1ccc(-c2ccc(-c3n[nH]c(=O)n3C[C@@H]3CCN(C(=O)C4CC4)C3)cc2)cc1C. The molecule has 1 aliphatic carbocycles. The second-order valence-corrected chi connectivity index (χ2v) is 8.94. The van der Waals surface area contributed by atoms with E-state index in [0.29, 0.717) is 12.4 Å². The van der Waals surface area contributed by atoms with Crippen molar-refractivity contribution in [3.63, 3.8) is 0 Å². The predicted molar refractivity (Wildman–Crippen MR) is 122 cm³/mol. The summed E-state index contributed by atoms with van der Waals surface area (Å²) in [4.78, 5) is 26.8. The summed E-state index contributed by atoms with van der Waals surface area (Å²) >= 11 is 0. The number of carbonyl (C=O) groups is 1. The molecule has 0 spiro atoms. The van der Waals surface area contributed by atoms with Crippen molar-refractivity contribution in [1.29, 1.82) is 0 Å². The van der Waals surface area contributed by atoms with Gasteiger partial charge in [-0.2, -0.15) is 5.10 Å². The Bertz CT molecular complexity index is 1190. The first kappa shape index (κ1) is 20.5. The Morgan fingerprint density at radius 1 is 1.09 bits per heavy atom. The number of aromatic amines is 1. The van der Waals surface area contributed by atoms with Crippen molar-refractivity contribution in [3.05, 3.63) is 58.5 Å². The zero-order valence-corrected chi connectivity index (χ0v) is 18.5. The highest BCUT2D eigenvalue weighted by molar-refractivity contribution is 5.81. The van der Waals surface area contributed by atoms with Crippen molar-refractivity contribution >= 4 is 5.91 Å². The predicted octanol–water partition coefficient (Wildman–Crippen LogP) is 3.48. The number of aromatic nitrogens is 3. The smallest absolute Gasteiger partial charge is 0.343 e. The van der Waals surface area contributed by atoms with E-state index in [0.717, 1.165) is 60.4 Å². The third-order valence-corrected chi connectivity index (χ3v) is 6.59. The Morgan fingerprint density at radius 3 is 2.50 bits per heavy atom. The number of carbonyl (C=O) groups excluding carboxylic acids is 1. The molecule has 2 fully saturated rings. The van der Waals surface area contributed by atoms with Crippen molar-refractivity contribution in [2.24, 2.45) is 11.8 Å². The Morgan fingerprint density at radius 2 is 1.81 bits per heavy atom. The number of hydrogen-bond acceptors (Lipinski definition) is 4. The molecule has 166 valence electrons. The first-order valence-corrected chi connectivity index (χ1v) is 11.2. The molecule has 2 heterocycles. The standard InChI is InChI=1S/C25H28N4O3/c1-16-13-21(9-10-22(16)32-2)18-3-5-19(6-4-18)23-26-27-25(31)29(23)15-17-11-12-28(14-17)24(30)20-7-8-20/h3-6,9-10,13,17,20H,7-8,11-12,14-15H2,1-2H3,(H,27,31)/t17-/m1/s1. The van der Waals surface area contributed by atoms with Gasteiger partial charge in [0.1, 0.15) is 5.75 Å². The van der Waals surface area contributed by atoms with Gasteiger partial charge in [-0.1, -0.05) is 30.3 Å². The zero-order chi connectivity index (χ0) is 22.2. The van der Waals surface area contributed by atoms with E-state index in [9.17, 15) is 9.59 Å². The topological polar surface area (TPSA) is 80.2 Å². The van der Waals surface area contributed by atoms with Crippen LogP contribution in [0.2, 0.25) is 0 Å². The van der Waals surface area contributed by atoms with Crippen LogP contribution >= 0.6 is 0 Å². The van der Waals surface area contributed by atoms with Gasteiger partial charge >= 0.3 is 5.69 Å². The van der Waals surface area contributed by atoms with Gasteiger partial charge in [-0.15, -0.1) is 0 Å². The van der Waals surface area contributed by atoms with Crippen LogP contribution in [-0.2, 0) is 11.3 Å². The van der Waals surface area contributed by atoms with Crippen LogP contribution in [0.3, 0.4) is 0 Å². The fourth-order valence-electron chi connectivity index (χ4n) is 4.61. The van der Waals surface area contributed by atoms with Crippen molar-refractivity contribution < 1.29 is 9.53 Å². The van der Waals surface area contributed by atoms with Crippen LogP contribution in [0.4, 0.5) is 0 Å². The highest BCUT2D eigenvalue weighted by Gasteiger charge is 2.36. The number of nitrogens with zero attached hydrogens (tertiary/aromatic N) is 3. The molecule has 2 aromatic carbocycles. The van der Waals surface area contributed by atoms with E-state index in [1.54, 1.807) is 11.7 Å². The number of ether oxygens (including phenoxy) is 1. The van der Waals surface area contributed by atoms with Crippen molar-refractivity contribution in [3.8, 4) is 28.3 Å². The summed E-state index contributed by atoms with van der Waals surface area (Å²) in [6, 6.07) is 14.2. The molecule has 1 aliphatic heterocycles. The number of nitrogens with one attached hydrogen (secondary N) is 1. The van der Waals surface area contributed by atoms with E-state index in [2.05, 4.69) is 16.3 Å².